The Balaban J connectivity index is 2.26. The van der Waals surface area contributed by atoms with Gasteiger partial charge in [0.2, 0.25) is 0 Å². The first-order valence-electron chi connectivity index (χ1n) is 6.13. The Kier molecular flexibility index (Phi) is 4.83. The Labute approximate surface area is 129 Å². The van der Waals surface area contributed by atoms with Crippen LogP contribution >= 0.6 is 27.5 Å². The number of amides is 1. The van der Waals surface area contributed by atoms with Crippen LogP contribution in [0.3, 0.4) is 0 Å². The number of nitrogens with zero attached hydrogens (tertiary/aromatic N) is 1. The maximum absolute atomic E-state index is 13.6. The van der Waals surface area contributed by atoms with Crippen LogP contribution in [0.1, 0.15) is 23.8 Å². The molecule has 20 heavy (non-hydrogen) atoms. The molecule has 0 aliphatic heterocycles. The van der Waals surface area contributed by atoms with E-state index in [-0.39, 0.29) is 11.6 Å². The monoisotopic (exact) mass is 358 g/mol. The molecule has 0 bridgehead atoms. The van der Waals surface area contributed by atoms with Crippen LogP contribution in [-0.4, -0.2) is 10.5 Å². The third-order valence-corrected chi connectivity index (χ3v) is 3.41. The number of carbonyl (C=O) groups excluding carboxylic acids is 1. The van der Waals surface area contributed by atoms with Crippen molar-refractivity contribution in [2.75, 3.05) is 5.32 Å². The van der Waals surface area contributed by atoms with Gasteiger partial charge in [0, 0.05) is 22.2 Å². The lowest BCUT2D eigenvalue weighted by Crippen LogP contribution is -2.17. The second kappa shape index (κ2) is 6.41. The van der Waals surface area contributed by atoms with Gasteiger partial charge in [0.1, 0.15) is 11.5 Å². The summed E-state index contributed by atoms with van der Waals surface area (Å²) in [5.74, 6) is -0.888. The van der Waals surface area contributed by atoms with Gasteiger partial charge in [0.15, 0.2) is 0 Å². The van der Waals surface area contributed by atoms with E-state index in [9.17, 15) is 9.18 Å². The lowest BCUT2D eigenvalue weighted by molar-refractivity contribution is 0.101. The third-order valence-electron chi connectivity index (χ3n) is 2.74. The summed E-state index contributed by atoms with van der Waals surface area (Å²) < 4.78 is 16.2. The van der Waals surface area contributed by atoms with E-state index < -0.39 is 5.82 Å². The van der Waals surface area contributed by atoms with Crippen molar-refractivity contribution in [1.82, 2.24) is 4.57 Å². The average Bonchev–Trinajstić information content (AvgIpc) is 2.75. The first-order chi connectivity index (χ1) is 9.51. The van der Waals surface area contributed by atoms with E-state index in [2.05, 4.69) is 21.2 Å². The fourth-order valence-electron chi connectivity index (χ4n) is 1.87. The van der Waals surface area contributed by atoms with Gasteiger partial charge in [-0.1, -0.05) is 18.5 Å². The maximum Gasteiger partial charge on any atom is 0.272 e. The fraction of sp³-hybridized carbons (Fsp3) is 0.214. The van der Waals surface area contributed by atoms with Crippen LogP contribution in [0.15, 0.2) is 34.9 Å². The molecule has 1 aromatic carbocycles. The van der Waals surface area contributed by atoms with Gasteiger partial charge in [0.25, 0.3) is 5.91 Å². The van der Waals surface area contributed by atoms with Crippen molar-refractivity contribution in [3.05, 3.63) is 51.5 Å². The molecule has 0 saturated carbocycles. The van der Waals surface area contributed by atoms with Crippen molar-refractivity contribution in [2.45, 2.75) is 19.9 Å². The van der Waals surface area contributed by atoms with Gasteiger partial charge in [-0.3, -0.25) is 4.79 Å². The Hall–Kier alpha value is -1.33. The van der Waals surface area contributed by atoms with E-state index >= 15 is 0 Å². The van der Waals surface area contributed by atoms with Crippen LogP contribution in [0.5, 0.6) is 0 Å². The Morgan fingerprint density at radius 2 is 2.20 bits per heavy atom. The van der Waals surface area contributed by atoms with Crippen LogP contribution in [-0.2, 0) is 6.54 Å². The quantitative estimate of drug-likeness (QED) is 0.843. The molecule has 0 unspecified atom stereocenters. The van der Waals surface area contributed by atoms with E-state index in [0.717, 1.165) is 10.9 Å². The molecule has 0 radical (unpaired) electrons. The average molecular weight is 360 g/mol. The van der Waals surface area contributed by atoms with Gasteiger partial charge in [-0.15, -0.1) is 0 Å². The number of halogens is 3. The smallest absolute Gasteiger partial charge is 0.272 e. The normalized spacial score (nSPS) is 10.6. The van der Waals surface area contributed by atoms with Crippen LogP contribution in [0.4, 0.5) is 10.1 Å². The topological polar surface area (TPSA) is 34.0 Å². The number of hydrogen-bond acceptors (Lipinski definition) is 1. The number of nitrogens with one attached hydrogen (secondary N) is 1. The third kappa shape index (κ3) is 3.41. The summed E-state index contributed by atoms with van der Waals surface area (Å²) in [6, 6.07) is 5.74. The summed E-state index contributed by atoms with van der Waals surface area (Å²) in [6.07, 6.45) is 2.72. The zero-order valence-electron chi connectivity index (χ0n) is 10.8. The standard InChI is InChI=1S/C14H13BrClFN2O/c1-2-5-19-8-9(15)6-13(19)14(20)18-12-7-10(16)3-4-11(12)17/h3-4,6-8H,2,5H2,1H3,(H,18,20). The van der Waals surface area contributed by atoms with Gasteiger partial charge in [-0.05, 0) is 46.6 Å². The highest BCUT2D eigenvalue weighted by Gasteiger charge is 2.14. The zero-order chi connectivity index (χ0) is 14.7. The summed E-state index contributed by atoms with van der Waals surface area (Å²) in [6.45, 7) is 2.73. The Morgan fingerprint density at radius 1 is 1.45 bits per heavy atom. The minimum atomic E-state index is -0.518. The Bertz CT molecular complexity index is 642. The van der Waals surface area contributed by atoms with E-state index in [0.29, 0.717) is 17.3 Å². The predicted octanol–water partition coefficient (Wildman–Crippen LogP) is 4.71. The summed E-state index contributed by atoms with van der Waals surface area (Å²) >= 11 is 9.14. The molecule has 106 valence electrons. The van der Waals surface area contributed by atoms with E-state index in [1.165, 1.54) is 18.2 Å². The van der Waals surface area contributed by atoms with Crippen LogP contribution < -0.4 is 5.32 Å². The van der Waals surface area contributed by atoms with E-state index in [1.54, 1.807) is 6.07 Å². The van der Waals surface area contributed by atoms with E-state index in [1.807, 2.05) is 17.7 Å². The number of benzene rings is 1. The molecule has 0 fully saturated rings. The SMILES string of the molecule is CCCn1cc(Br)cc1C(=O)Nc1cc(Cl)ccc1F. The van der Waals surface area contributed by atoms with Crippen molar-refractivity contribution >= 4 is 39.1 Å². The molecule has 1 aromatic heterocycles. The van der Waals surface area contributed by atoms with Gasteiger partial charge in [-0.25, -0.2) is 4.39 Å². The van der Waals surface area contributed by atoms with E-state index in [4.69, 9.17) is 11.6 Å². The number of aromatic nitrogens is 1. The molecule has 0 spiro atoms. The number of aryl methyl sites for hydroxylation is 1. The van der Waals surface area contributed by atoms with Gasteiger partial charge < -0.3 is 9.88 Å². The van der Waals surface area contributed by atoms with Crippen molar-refractivity contribution < 1.29 is 9.18 Å². The molecule has 2 aromatic rings. The second-order valence-electron chi connectivity index (χ2n) is 4.32. The molecule has 6 heteroatoms. The van der Waals surface area contributed by atoms with Gasteiger partial charge in [0.05, 0.1) is 5.69 Å². The summed E-state index contributed by atoms with van der Waals surface area (Å²) in [5.41, 5.74) is 0.543. The molecule has 0 saturated heterocycles. The number of carbonyl (C=O) groups is 1. The van der Waals surface area contributed by atoms with Gasteiger partial charge in [-0.2, -0.15) is 0 Å². The molecule has 0 atom stereocenters. The molecule has 1 amide bonds. The predicted molar refractivity (Wildman–Crippen MR) is 81.8 cm³/mol. The minimum Gasteiger partial charge on any atom is -0.342 e. The van der Waals surface area contributed by atoms with Gasteiger partial charge >= 0.3 is 0 Å². The zero-order valence-corrected chi connectivity index (χ0v) is 13.1. The lowest BCUT2D eigenvalue weighted by atomic mass is 10.3. The number of anilines is 1. The molecular formula is C14H13BrClFN2O. The highest BCUT2D eigenvalue weighted by molar-refractivity contribution is 9.10. The molecule has 3 nitrogen and oxygen atoms in total. The summed E-state index contributed by atoms with van der Waals surface area (Å²) in [5, 5.41) is 2.91. The highest BCUT2D eigenvalue weighted by Crippen LogP contribution is 2.21. The molecule has 2 rings (SSSR count). The molecule has 0 aliphatic rings. The molecule has 1 N–H and O–H groups in total. The van der Waals surface area contributed by atoms with Crippen LogP contribution in [0.25, 0.3) is 0 Å². The van der Waals surface area contributed by atoms with Crippen LogP contribution in [0.2, 0.25) is 5.02 Å². The summed E-state index contributed by atoms with van der Waals surface area (Å²) in [7, 11) is 0. The minimum absolute atomic E-state index is 0.0721. The summed E-state index contributed by atoms with van der Waals surface area (Å²) in [4.78, 5) is 12.2. The maximum atomic E-state index is 13.6. The highest BCUT2D eigenvalue weighted by atomic mass is 79.9. The first-order valence-corrected chi connectivity index (χ1v) is 7.30. The van der Waals surface area contributed by atoms with Crippen molar-refractivity contribution in [3.63, 3.8) is 0 Å². The van der Waals surface area contributed by atoms with Crippen molar-refractivity contribution in [3.8, 4) is 0 Å². The molecule has 1 heterocycles. The number of hydrogen-bond donors (Lipinski definition) is 1. The number of rotatable bonds is 4. The van der Waals surface area contributed by atoms with Crippen molar-refractivity contribution in [1.29, 1.82) is 0 Å². The van der Waals surface area contributed by atoms with Crippen molar-refractivity contribution in [2.24, 2.45) is 0 Å². The second-order valence-corrected chi connectivity index (χ2v) is 5.67. The molecule has 0 aliphatic carbocycles. The lowest BCUT2D eigenvalue weighted by Gasteiger charge is -2.09. The molecular weight excluding hydrogens is 347 g/mol. The first kappa shape index (κ1) is 15.1. The Morgan fingerprint density at radius 3 is 2.90 bits per heavy atom. The van der Waals surface area contributed by atoms with Crippen LogP contribution in [0, 0.1) is 5.82 Å². The fourth-order valence-corrected chi connectivity index (χ4v) is 2.51. The largest absolute Gasteiger partial charge is 0.342 e.